The summed E-state index contributed by atoms with van der Waals surface area (Å²) in [5.41, 5.74) is 12.2. The van der Waals surface area contributed by atoms with E-state index in [0.29, 0.717) is 29.7 Å². The van der Waals surface area contributed by atoms with E-state index in [1.54, 1.807) is 12.4 Å². The molecule has 0 aliphatic carbocycles. The van der Waals surface area contributed by atoms with Gasteiger partial charge in [-0.25, -0.2) is 4.98 Å². The van der Waals surface area contributed by atoms with Crippen molar-refractivity contribution in [3.05, 3.63) is 47.5 Å². The fourth-order valence-corrected chi connectivity index (χ4v) is 6.04. The van der Waals surface area contributed by atoms with Crippen LogP contribution in [0.25, 0.3) is 28.2 Å². The number of aryl methyl sites for hydroxylation is 1. The van der Waals surface area contributed by atoms with E-state index in [9.17, 15) is 14.7 Å². The fraction of sp³-hybridized carbons (Fsp3) is 0.385. The third-order valence-corrected chi connectivity index (χ3v) is 7.65. The number of H-pyrrole nitrogens is 1. The van der Waals surface area contributed by atoms with E-state index in [1.807, 2.05) is 30.0 Å². The van der Waals surface area contributed by atoms with Crippen LogP contribution in [-0.2, 0) is 4.79 Å². The highest BCUT2D eigenvalue weighted by Gasteiger charge is 2.44. The molecule has 11 heteroatoms. The number of piperidine rings is 1. The number of fused-ring (bicyclic) bond motifs is 3. The molecule has 3 atom stereocenters. The molecule has 0 saturated carbocycles. The van der Waals surface area contributed by atoms with Gasteiger partial charge < -0.3 is 15.7 Å². The van der Waals surface area contributed by atoms with Crippen molar-refractivity contribution in [2.75, 3.05) is 12.3 Å². The van der Waals surface area contributed by atoms with E-state index < -0.39 is 6.61 Å². The molecule has 2 aliphatic rings. The van der Waals surface area contributed by atoms with Crippen molar-refractivity contribution in [1.82, 2.24) is 34.7 Å². The van der Waals surface area contributed by atoms with Crippen molar-refractivity contribution in [1.29, 1.82) is 0 Å². The van der Waals surface area contributed by atoms with Crippen molar-refractivity contribution in [3.8, 4) is 22.5 Å². The summed E-state index contributed by atoms with van der Waals surface area (Å²) in [6.07, 6.45) is 6.55. The van der Waals surface area contributed by atoms with Crippen molar-refractivity contribution < 1.29 is 14.7 Å². The highest BCUT2D eigenvalue weighted by atomic mass is 16.3. The number of amides is 1. The Kier molecular flexibility index (Phi) is 5.52. The topological polar surface area (TPSA) is 155 Å². The van der Waals surface area contributed by atoms with Gasteiger partial charge in [0.15, 0.2) is 11.4 Å². The van der Waals surface area contributed by atoms with E-state index in [4.69, 9.17) is 10.7 Å². The van der Waals surface area contributed by atoms with Crippen molar-refractivity contribution in [3.63, 3.8) is 0 Å². The van der Waals surface area contributed by atoms with Gasteiger partial charge in [-0.15, -0.1) is 0 Å². The number of nitrogens with two attached hydrogens (primary N) is 1. The summed E-state index contributed by atoms with van der Waals surface area (Å²) >= 11 is 0. The molecule has 37 heavy (non-hydrogen) atoms. The van der Waals surface area contributed by atoms with Gasteiger partial charge >= 0.3 is 0 Å². The summed E-state index contributed by atoms with van der Waals surface area (Å²) < 4.78 is 1.51. The minimum atomic E-state index is -0.487. The Labute approximate surface area is 212 Å². The third kappa shape index (κ3) is 3.77. The van der Waals surface area contributed by atoms with Crippen LogP contribution in [0, 0.1) is 6.92 Å². The van der Waals surface area contributed by atoms with E-state index in [0.717, 1.165) is 41.1 Å². The number of hydrogen-bond acceptors (Lipinski definition) is 8. The Morgan fingerprint density at radius 2 is 1.92 bits per heavy atom. The monoisotopic (exact) mass is 500 g/mol. The number of aliphatic hydroxyl groups excluding tert-OH is 1. The summed E-state index contributed by atoms with van der Waals surface area (Å²) in [4.78, 5) is 36.5. The maximum Gasteiger partial charge on any atom is 0.248 e. The Morgan fingerprint density at radius 3 is 2.51 bits per heavy atom. The van der Waals surface area contributed by atoms with Gasteiger partial charge in [-0.05, 0) is 51.7 Å². The molecule has 6 rings (SSSR count). The van der Waals surface area contributed by atoms with Crippen LogP contribution >= 0.6 is 0 Å². The standard InChI is InChI=1S/C26H28N8O3/c1-13-7-21(32-31-13)20-6-3-15(10-28-20)19-11-29-34-25(27)23(14(2)36)24(30-26(19)34)16-8-17-4-5-18(9-16)33(17)22(37)12-35/h3,6-7,10-11,16-18,35H,4-5,8-9,12,27H2,1-2H3,(H,31,32)/t16?,17-,18?/m0/s1. The summed E-state index contributed by atoms with van der Waals surface area (Å²) in [6, 6.07) is 5.82. The highest BCUT2D eigenvalue weighted by molar-refractivity contribution is 6.00. The van der Waals surface area contributed by atoms with Gasteiger partial charge in [0.05, 0.1) is 23.1 Å². The number of aromatic nitrogens is 6. The van der Waals surface area contributed by atoms with Gasteiger partial charge in [-0.3, -0.25) is 19.7 Å². The number of hydrogen-bond donors (Lipinski definition) is 3. The highest BCUT2D eigenvalue weighted by Crippen LogP contribution is 2.44. The minimum Gasteiger partial charge on any atom is -0.387 e. The molecule has 0 radical (unpaired) electrons. The normalized spacial score (nSPS) is 21.1. The molecule has 2 aliphatic heterocycles. The number of nitrogens with zero attached hydrogens (tertiary/aromatic N) is 6. The lowest BCUT2D eigenvalue weighted by Crippen LogP contribution is -2.47. The number of aliphatic hydroxyl groups is 1. The number of rotatable bonds is 5. The first-order chi connectivity index (χ1) is 17.9. The molecular formula is C26H28N8O3. The summed E-state index contributed by atoms with van der Waals surface area (Å²) in [6.45, 7) is 2.94. The van der Waals surface area contributed by atoms with E-state index >= 15 is 0 Å². The number of ketones is 1. The first-order valence-corrected chi connectivity index (χ1v) is 12.4. The second kappa shape index (κ2) is 8.77. The quantitative estimate of drug-likeness (QED) is 0.353. The molecule has 11 nitrogen and oxygen atoms in total. The van der Waals surface area contributed by atoms with Crippen LogP contribution in [0.2, 0.25) is 0 Å². The molecule has 0 spiro atoms. The molecule has 4 N–H and O–H groups in total. The maximum atomic E-state index is 12.7. The molecule has 190 valence electrons. The molecular weight excluding hydrogens is 472 g/mol. The second-order valence-corrected chi connectivity index (χ2v) is 9.99. The van der Waals surface area contributed by atoms with E-state index in [-0.39, 0.29) is 35.5 Å². The fourth-order valence-electron chi connectivity index (χ4n) is 6.04. The molecule has 4 aromatic rings. The predicted octanol–water partition coefficient (Wildman–Crippen LogP) is 2.50. The molecule has 2 saturated heterocycles. The second-order valence-electron chi connectivity index (χ2n) is 9.99. The zero-order valence-corrected chi connectivity index (χ0v) is 20.7. The first kappa shape index (κ1) is 23.3. The number of nitrogens with one attached hydrogen (secondary N) is 1. The SMILES string of the molecule is CC(=O)c1c(C2CC3CC[C@@H](C2)N3C(=O)CO)nc2c(-c3ccc(-c4cc(C)[nH]n4)nc3)cnn2c1N. The van der Waals surface area contributed by atoms with Gasteiger partial charge in [0.2, 0.25) is 5.91 Å². The number of aromatic amines is 1. The van der Waals surface area contributed by atoms with Crippen molar-refractivity contribution in [2.24, 2.45) is 0 Å². The van der Waals surface area contributed by atoms with Crippen LogP contribution in [0.4, 0.5) is 5.82 Å². The van der Waals surface area contributed by atoms with Crippen LogP contribution in [0.1, 0.15) is 60.3 Å². The van der Waals surface area contributed by atoms with Crippen LogP contribution in [0.3, 0.4) is 0 Å². The lowest BCUT2D eigenvalue weighted by Gasteiger charge is -2.39. The zero-order chi connectivity index (χ0) is 25.8. The van der Waals surface area contributed by atoms with Gasteiger partial charge in [0.25, 0.3) is 0 Å². The summed E-state index contributed by atoms with van der Waals surface area (Å²) in [7, 11) is 0. The van der Waals surface area contributed by atoms with Crippen molar-refractivity contribution >= 4 is 23.2 Å². The molecule has 2 bridgehead atoms. The van der Waals surface area contributed by atoms with Crippen LogP contribution in [0.5, 0.6) is 0 Å². The minimum absolute atomic E-state index is 0.0225. The van der Waals surface area contributed by atoms with Gasteiger partial charge in [-0.1, -0.05) is 6.07 Å². The van der Waals surface area contributed by atoms with Crippen molar-refractivity contribution in [2.45, 2.75) is 57.5 Å². The molecule has 0 aromatic carbocycles. The molecule has 6 heterocycles. The average molecular weight is 501 g/mol. The van der Waals surface area contributed by atoms with Gasteiger partial charge in [0.1, 0.15) is 18.1 Å². The van der Waals surface area contributed by atoms with Crippen LogP contribution in [0.15, 0.2) is 30.6 Å². The van der Waals surface area contributed by atoms with E-state index in [1.165, 1.54) is 11.4 Å². The number of carbonyl (C=O) groups is 2. The Bertz CT molecular complexity index is 1510. The summed E-state index contributed by atoms with van der Waals surface area (Å²) in [5, 5.41) is 21.1. The largest absolute Gasteiger partial charge is 0.387 e. The number of Topliss-reactive ketones (excluding diaryl/α,β-unsaturated/α-hetero) is 1. The van der Waals surface area contributed by atoms with Gasteiger partial charge in [0, 0.05) is 41.0 Å². The van der Waals surface area contributed by atoms with E-state index in [2.05, 4.69) is 20.3 Å². The molecule has 2 fully saturated rings. The summed E-state index contributed by atoms with van der Waals surface area (Å²) in [5.74, 6) is -0.172. The Morgan fingerprint density at radius 1 is 1.16 bits per heavy atom. The number of anilines is 1. The Balaban J connectivity index is 1.41. The molecule has 1 amide bonds. The predicted molar refractivity (Wildman–Crippen MR) is 136 cm³/mol. The molecule has 4 aromatic heterocycles. The number of carbonyl (C=O) groups excluding carboxylic acids is 2. The lowest BCUT2D eigenvalue weighted by molar-refractivity contribution is -0.138. The molecule has 2 unspecified atom stereocenters. The van der Waals surface area contributed by atoms with Crippen LogP contribution in [-0.4, -0.2) is 70.2 Å². The van der Waals surface area contributed by atoms with Crippen LogP contribution < -0.4 is 5.73 Å². The number of pyridine rings is 1. The Hall–Kier alpha value is -4.12. The first-order valence-electron chi connectivity index (χ1n) is 12.4. The maximum absolute atomic E-state index is 12.7. The third-order valence-electron chi connectivity index (χ3n) is 7.65. The number of nitrogen functional groups attached to an aromatic ring is 1. The average Bonchev–Trinajstić information content (AvgIpc) is 3.59. The zero-order valence-electron chi connectivity index (χ0n) is 20.7. The lowest BCUT2D eigenvalue weighted by atomic mass is 9.85. The smallest absolute Gasteiger partial charge is 0.248 e. The van der Waals surface area contributed by atoms with Gasteiger partial charge in [-0.2, -0.15) is 14.7 Å².